The van der Waals surface area contributed by atoms with E-state index in [0.29, 0.717) is 11.5 Å². The number of nitrogens with zero attached hydrogens (tertiary/aromatic N) is 1. The average Bonchev–Trinajstić information content (AvgIpc) is 2.93. The van der Waals surface area contributed by atoms with Gasteiger partial charge in [-0.1, -0.05) is 6.07 Å². The number of fused-ring (bicyclic) bond motifs is 1. The standard InChI is InChI=1S/C15H13N3O5/c1-8(12-13(19)17-15(21)18-14(12)20)16-5-4-9-2-3-10-11(6-9)23-7-22-10/h2-6H,7H2,1H3,(H3,17,18,19,20,21)/b5-4+,16-8?. The Labute approximate surface area is 129 Å². The van der Waals surface area contributed by atoms with Gasteiger partial charge in [0.15, 0.2) is 11.5 Å². The van der Waals surface area contributed by atoms with Crippen LogP contribution in [0.3, 0.4) is 0 Å². The number of aromatic amines is 2. The first kappa shape index (κ1) is 14.6. The van der Waals surface area contributed by atoms with Crippen LogP contribution in [0.2, 0.25) is 0 Å². The molecule has 2 aromatic rings. The number of aromatic nitrogens is 2. The van der Waals surface area contributed by atoms with E-state index in [1.54, 1.807) is 25.1 Å². The van der Waals surface area contributed by atoms with Gasteiger partial charge in [-0.2, -0.15) is 0 Å². The number of benzene rings is 1. The normalized spacial score (nSPS) is 13.7. The first-order valence-corrected chi connectivity index (χ1v) is 6.71. The van der Waals surface area contributed by atoms with Gasteiger partial charge in [0, 0.05) is 6.20 Å². The van der Waals surface area contributed by atoms with Crippen LogP contribution in [0.15, 0.2) is 39.0 Å². The highest BCUT2D eigenvalue weighted by molar-refractivity contribution is 6.00. The van der Waals surface area contributed by atoms with Crippen molar-refractivity contribution in [1.29, 1.82) is 0 Å². The quantitative estimate of drug-likeness (QED) is 0.730. The number of rotatable bonds is 3. The number of nitrogens with one attached hydrogen (secondary N) is 2. The van der Waals surface area contributed by atoms with E-state index in [1.165, 1.54) is 6.20 Å². The highest BCUT2D eigenvalue weighted by atomic mass is 16.7. The van der Waals surface area contributed by atoms with Gasteiger partial charge < -0.3 is 14.6 Å². The fraction of sp³-hybridized carbons (Fsp3) is 0.133. The van der Waals surface area contributed by atoms with E-state index in [2.05, 4.69) is 9.98 Å². The third kappa shape index (κ3) is 3.00. The van der Waals surface area contributed by atoms with Gasteiger partial charge >= 0.3 is 5.69 Å². The van der Waals surface area contributed by atoms with Gasteiger partial charge in [-0.15, -0.1) is 0 Å². The molecule has 1 aliphatic heterocycles. The Morgan fingerprint density at radius 3 is 2.83 bits per heavy atom. The molecule has 0 amide bonds. The van der Waals surface area contributed by atoms with Crippen LogP contribution >= 0.6 is 0 Å². The summed E-state index contributed by atoms with van der Waals surface area (Å²) in [5.74, 6) is 0.825. The van der Waals surface area contributed by atoms with Crippen LogP contribution in [0, 0.1) is 0 Å². The molecule has 0 aliphatic carbocycles. The summed E-state index contributed by atoms with van der Waals surface area (Å²) in [7, 11) is 0. The summed E-state index contributed by atoms with van der Waals surface area (Å²) >= 11 is 0. The van der Waals surface area contributed by atoms with E-state index in [1.807, 2.05) is 11.1 Å². The molecule has 0 bridgehead atoms. The number of aliphatic imine (C=N–C) groups is 1. The number of hydrogen-bond donors (Lipinski definition) is 3. The summed E-state index contributed by atoms with van der Waals surface area (Å²) in [6.07, 6.45) is 3.19. The lowest BCUT2D eigenvalue weighted by Gasteiger charge is -2.00. The molecule has 0 radical (unpaired) electrons. The predicted octanol–water partition coefficient (Wildman–Crippen LogP) is 0.977. The van der Waals surface area contributed by atoms with E-state index < -0.39 is 17.1 Å². The topological polar surface area (TPSA) is 117 Å². The van der Waals surface area contributed by atoms with Crippen LogP contribution in [0.5, 0.6) is 17.4 Å². The predicted molar refractivity (Wildman–Crippen MR) is 83.2 cm³/mol. The van der Waals surface area contributed by atoms with Crippen molar-refractivity contribution in [2.75, 3.05) is 6.79 Å². The zero-order valence-electron chi connectivity index (χ0n) is 12.1. The number of ether oxygens (including phenoxy) is 2. The lowest BCUT2D eigenvalue weighted by Crippen LogP contribution is -2.26. The molecule has 0 unspecified atom stereocenters. The smallest absolute Gasteiger partial charge is 0.328 e. The summed E-state index contributed by atoms with van der Waals surface area (Å²) in [6, 6.07) is 5.42. The second kappa shape index (κ2) is 5.84. The molecule has 1 aromatic carbocycles. The Kier molecular flexibility index (Phi) is 3.71. The van der Waals surface area contributed by atoms with Crippen molar-refractivity contribution in [2.24, 2.45) is 4.99 Å². The number of H-pyrrole nitrogens is 2. The second-order valence-corrected chi connectivity index (χ2v) is 4.77. The molecule has 3 N–H and O–H groups in total. The highest BCUT2D eigenvalue weighted by Crippen LogP contribution is 2.32. The van der Waals surface area contributed by atoms with E-state index in [-0.39, 0.29) is 18.1 Å². The van der Waals surface area contributed by atoms with Crippen molar-refractivity contribution in [3.05, 3.63) is 56.4 Å². The van der Waals surface area contributed by atoms with Gasteiger partial charge in [0.05, 0.1) is 5.71 Å². The first-order chi connectivity index (χ1) is 11.0. The average molecular weight is 315 g/mol. The van der Waals surface area contributed by atoms with E-state index in [4.69, 9.17) is 9.47 Å². The van der Waals surface area contributed by atoms with Crippen molar-refractivity contribution < 1.29 is 14.6 Å². The largest absolute Gasteiger partial charge is 0.494 e. The molecule has 0 fully saturated rings. The van der Waals surface area contributed by atoms with Crippen LogP contribution in [0.25, 0.3) is 6.08 Å². The minimum Gasteiger partial charge on any atom is -0.494 e. The maximum Gasteiger partial charge on any atom is 0.328 e. The molecule has 1 aromatic heterocycles. The van der Waals surface area contributed by atoms with Crippen molar-refractivity contribution in [3.8, 4) is 17.4 Å². The molecule has 118 valence electrons. The fourth-order valence-electron chi connectivity index (χ4n) is 2.13. The minimum absolute atomic E-state index is 0.0834. The third-order valence-corrected chi connectivity index (χ3v) is 3.22. The molecule has 0 saturated carbocycles. The first-order valence-electron chi connectivity index (χ1n) is 6.71. The molecule has 8 nitrogen and oxygen atoms in total. The van der Waals surface area contributed by atoms with E-state index in [0.717, 1.165) is 5.56 Å². The van der Waals surface area contributed by atoms with Crippen LogP contribution in [-0.4, -0.2) is 27.6 Å². The zero-order valence-corrected chi connectivity index (χ0v) is 12.1. The Bertz CT molecular complexity index is 923. The Morgan fingerprint density at radius 1 is 1.26 bits per heavy atom. The molecule has 0 saturated heterocycles. The van der Waals surface area contributed by atoms with E-state index in [9.17, 15) is 14.7 Å². The third-order valence-electron chi connectivity index (χ3n) is 3.22. The minimum atomic E-state index is -0.778. The molecular formula is C15H13N3O5. The molecule has 23 heavy (non-hydrogen) atoms. The van der Waals surface area contributed by atoms with Gasteiger partial charge in [0.2, 0.25) is 12.7 Å². The lowest BCUT2D eigenvalue weighted by atomic mass is 10.2. The molecule has 0 atom stereocenters. The van der Waals surface area contributed by atoms with Crippen molar-refractivity contribution in [3.63, 3.8) is 0 Å². The van der Waals surface area contributed by atoms with Gasteiger partial charge in [-0.3, -0.25) is 19.8 Å². The van der Waals surface area contributed by atoms with Gasteiger partial charge in [0.1, 0.15) is 5.56 Å². The highest BCUT2D eigenvalue weighted by Gasteiger charge is 2.12. The van der Waals surface area contributed by atoms with Crippen LogP contribution in [-0.2, 0) is 0 Å². The monoisotopic (exact) mass is 315 g/mol. The van der Waals surface area contributed by atoms with Gasteiger partial charge in [-0.25, -0.2) is 4.79 Å². The van der Waals surface area contributed by atoms with Crippen molar-refractivity contribution in [2.45, 2.75) is 6.92 Å². The molecule has 1 aliphatic rings. The summed E-state index contributed by atoms with van der Waals surface area (Å²) in [5.41, 5.74) is -0.466. The summed E-state index contributed by atoms with van der Waals surface area (Å²) in [6.45, 7) is 1.75. The molecule has 0 spiro atoms. The zero-order chi connectivity index (χ0) is 16.4. The molecule has 8 heteroatoms. The van der Waals surface area contributed by atoms with Crippen molar-refractivity contribution >= 4 is 11.8 Å². The van der Waals surface area contributed by atoms with E-state index >= 15 is 0 Å². The second-order valence-electron chi connectivity index (χ2n) is 4.77. The van der Waals surface area contributed by atoms with Gasteiger partial charge in [0.25, 0.3) is 5.56 Å². The number of aromatic hydroxyl groups is 1. The maximum atomic E-state index is 11.7. The molecule has 2 heterocycles. The Balaban J connectivity index is 1.85. The van der Waals surface area contributed by atoms with Crippen LogP contribution in [0.1, 0.15) is 18.1 Å². The maximum absolute atomic E-state index is 11.7. The summed E-state index contributed by atoms with van der Waals surface area (Å²) in [5, 5.41) is 9.65. The summed E-state index contributed by atoms with van der Waals surface area (Å²) in [4.78, 5) is 31.0. The van der Waals surface area contributed by atoms with Gasteiger partial charge in [-0.05, 0) is 30.7 Å². The Hall–Kier alpha value is -3.29. The SMILES string of the molecule is CC(=N/C=C/c1ccc2c(c1)OCO2)c1c(O)[nH]c(=O)[nH]c1=O. The Morgan fingerprint density at radius 2 is 2.04 bits per heavy atom. The number of hydrogen-bond acceptors (Lipinski definition) is 6. The van der Waals surface area contributed by atoms with Crippen LogP contribution in [0.4, 0.5) is 0 Å². The van der Waals surface area contributed by atoms with Crippen LogP contribution < -0.4 is 20.7 Å². The van der Waals surface area contributed by atoms with Crippen molar-refractivity contribution in [1.82, 2.24) is 9.97 Å². The molecular weight excluding hydrogens is 302 g/mol. The fourth-order valence-corrected chi connectivity index (χ4v) is 2.13. The molecule has 3 rings (SSSR count). The lowest BCUT2D eigenvalue weighted by molar-refractivity contribution is 0.174. The summed E-state index contributed by atoms with van der Waals surface area (Å²) < 4.78 is 10.5.